The molecule has 0 spiro atoms. The molecule has 17 heavy (non-hydrogen) atoms. The van der Waals surface area contributed by atoms with Crippen molar-refractivity contribution in [2.75, 3.05) is 30.3 Å². The maximum absolute atomic E-state index is 9.08. The number of pyridine rings is 1. The Morgan fingerprint density at radius 1 is 1.53 bits per heavy atom. The van der Waals surface area contributed by atoms with E-state index >= 15 is 0 Å². The number of nitrogens with two attached hydrogens (primary N) is 1. The Morgan fingerprint density at radius 3 is 2.82 bits per heavy atom. The van der Waals surface area contributed by atoms with Gasteiger partial charge in [-0.2, -0.15) is 5.26 Å². The Labute approximate surface area is 100 Å². The second-order valence-electron chi connectivity index (χ2n) is 4.36. The first-order valence-electron chi connectivity index (χ1n) is 5.76. The van der Waals surface area contributed by atoms with E-state index in [9.17, 15) is 0 Å². The zero-order valence-corrected chi connectivity index (χ0v) is 9.63. The summed E-state index contributed by atoms with van der Waals surface area (Å²) >= 11 is 0. The number of hydrogen-bond acceptors (Lipinski definition) is 5. The molecule has 0 unspecified atom stereocenters. The summed E-state index contributed by atoms with van der Waals surface area (Å²) in [6.07, 6.45) is 3.45. The van der Waals surface area contributed by atoms with E-state index in [1.54, 1.807) is 12.3 Å². The molecule has 5 heteroatoms. The van der Waals surface area contributed by atoms with E-state index < -0.39 is 0 Å². The van der Waals surface area contributed by atoms with E-state index in [2.05, 4.69) is 16.0 Å². The molecule has 1 aliphatic rings. The number of piperidine rings is 1. The summed E-state index contributed by atoms with van der Waals surface area (Å²) in [5, 5.41) is 18.1. The lowest BCUT2D eigenvalue weighted by Gasteiger charge is -2.32. The molecule has 1 saturated heterocycles. The molecule has 0 bridgehead atoms. The van der Waals surface area contributed by atoms with Crippen LogP contribution in [0.1, 0.15) is 18.4 Å². The van der Waals surface area contributed by atoms with Crippen molar-refractivity contribution in [3.63, 3.8) is 0 Å². The Kier molecular flexibility index (Phi) is 3.45. The molecule has 0 radical (unpaired) electrons. The van der Waals surface area contributed by atoms with Gasteiger partial charge in [-0.25, -0.2) is 4.98 Å². The van der Waals surface area contributed by atoms with Crippen LogP contribution in [0.5, 0.6) is 0 Å². The topological polar surface area (TPSA) is 86.2 Å². The van der Waals surface area contributed by atoms with Crippen LogP contribution < -0.4 is 10.6 Å². The molecule has 0 aliphatic carbocycles. The highest BCUT2D eigenvalue weighted by Gasteiger charge is 2.21. The van der Waals surface area contributed by atoms with Gasteiger partial charge in [0.1, 0.15) is 11.9 Å². The van der Waals surface area contributed by atoms with Crippen LogP contribution in [0.4, 0.5) is 11.5 Å². The molecule has 3 N–H and O–H groups in total. The predicted octanol–water partition coefficient (Wildman–Crippen LogP) is 0.744. The lowest BCUT2D eigenvalue weighted by Crippen LogP contribution is -2.35. The Morgan fingerprint density at radius 2 is 2.24 bits per heavy atom. The number of aliphatic hydroxyl groups excluding tert-OH is 1. The maximum atomic E-state index is 9.08. The number of aromatic nitrogens is 1. The fourth-order valence-corrected chi connectivity index (χ4v) is 2.14. The SMILES string of the molecule is N#Cc1cc(N)cnc1N1CCC(CO)CC1. The van der Waals surface area contributed by atoms with Crippen LogP contribution in [-0.2, 0) is 0 Å². The number of aliphatic hydroxyl groups is 1. The fraction of sp³-hybridized carbons (Fsp3) is 0.500. The lowest BCUT2D eigenvalue weighted by atomic mass is 9.97. The molecule has 1 fully saturated rings. The summed E-state index contributed by atoms with van der Waals surface area (Å²) in [6.45, 7) is 1.90. The Hall–Kier alpha value is -1.80. The van der Waals surface area contributed by atoms with Crippen LogP contribution >= 0.6 is 0 Å². The standard InChI is InChI=1S/C12H16N4O/c13-6-10-5-11(14)7-15-12(10)16-3-1-9(8-17)2-4-16/h5,7,9,17H,1-4,8,14H2. The van der Waals surface area contributed by atoms with Gasteiger partial charge in [-0.1, -0.05) is 0 Å². The first-order chi connectivity index (χ1) is 8.24. The fourth-order valence-electron chi connectivity index (χ4n) is 2.14. The molecule has 2 rings (SSSR count). The molecule has 2 heterocycles. The summed E-state index contributed by atoms with van der Waals surface area (Å²) in [4.78, 5) is 6.33. The smallest absolute Gasteiger partial charge is 0.146 e. The third kappa shape index (κ3) is 2.48. The number of nitrogens with zero attached hydrogens (tertiary/aromatic N) is 3. The van der Waals surface area contributed by atoms with E-state index in [-0.39, 0.29) is 6.61 Å². The zero-order chi connectivity index (χ0) is 12.3. The number of hydrogen-bond donors (Lipinski definition) is 2. The Balaban J connectivity index is 2.16. The van der Waals surface area contributed by atoms with Crippen LogP contribution in [0.3, 0.4) is 0 Å². The van der Waals surface area contributed by atoms with Gasteiger partial charge in [-0.15, -0.1) is 0 Å². The van der Waals surface area contributed by atoms with Crippen LogP contribution in [-0.4, -0.2) is 29.8 Å². The monoisotopic (exact) mass is 232 g/mol. The summed E-state index contributed by atoms with van der Waals surface area (Å²) in [5.41, 5.74) is 6.64. The van der Waals surface area contributed by atoms with Crippen LogP contribution in [0, 0.1) is 17.2 Å². The minimum absolute atomic E-state index is 0.244. The number of nitrogen functional groups attached to an aromatic ring is 1. The van der Waals surface area contributed by atoms with Gasteiger partial charge in [0, 0.05) is 19.7 Å². The van der Waals surface area contributed by atoms with Gasteiger partial charge in [-0.05, 0) is 24.8 Å². The van der Waals surface area contributed by atoms with Crippen molar-refractivity contribution in [2.45, 2.75) is 12.8 Å². The van der Waals surface area contributed by atoms with E-state index in [0.29, 0.717) is 23.0 Å². The molecule has 0 saturated carbocycles. The van der Waals surface area contributed by atoms with Crippen molar-refractivity contribution >= 4 is 11.5 Å². The second-order valence-corrected chi connectivity index (χ2v) is 4.36. The van der Waals surface area contributed by atoms with Gasteiger partial charge in [0.15, 0.2) is 0 Å². The highest BCUT2D eigenvalue weighted by Crippen LogP contribution is 2.24. The van der Waals surface area contributed by atoms with Crippen LogP contribution in [0.2, 0.25) is 0 Å². The number of rotatable bonds is 2. The molecular formula is C12H16N4O. The minimum atomic E-state index is 0.244. The highest BCUT2D eigenvalue weighted by atomic mass is 16.3. The molecule has 90 valence electrons. The predicted molar refractivity (Wildman–Crippen MR) is 65.4 cm³/mol. The van der Waals surface area contributed by atoms with Gasteiger partial charge in [0.05, 0.1) is 17.4 Å². The largest absolute Gasteiger partial charge is 0.397 e. The van der Waals surface area contributed by atoms with E-state index in [4.69, 9.17) is 16.1 Å². The quantitative estimate of drug-likeness (QED) is 0.785. The first kappa shape index (κ1) is 11.7. The molecule has 1 aromatic rings. The van der Waals surface area contributed by atoms with Crippen molar-refractivity contribution in [1.82, 2.24) is 4.98 Å². The van der Waals surface area contributed by atoms with Crippen molar-refractivity contribution < 1.29 is 5.11 Å². The number of nitriles is 1. The Bertz CT molecular complexity index is 433. The van der Waals surface area contributed by atoms with Crippen molar-refractivity contribution in [2.24, 2.45) is 5.92 Å². The molecule has 5 nitrogen and oxygen atoms in total. The third-order valence-electron chi connectivity index (χ3n) is 3.18. The summed E-state index contributed by atoms with van der Waals surface area (Å²) < 4.78 is 0. The average Bonchev–Trinajstić information content (AvgIpc) is 2.39. The molecule has 0 atom stereocenters. The van der Waals surface area contributed by atoms with Gasteiger partial charge >= 0.3 is 0 Å². The van der Waals surface area contributed by atoms with Gasteiger partial charge in [0.25, 0.3) is 0 Å². The molecule has 1 aliphatic heterocycles. The van der Waals surface area contributed by atoms with Gasteiger partial charge < -0.3 is 15.7 Å². The van der Waals surface area contributed by atoms with Crippen LogP contribution in [0.15, 0.2) is 12.3 Å². The zero-order valence-electron chi connectivity index (χ0n) is 9.63. The maximum Gasteiger partial charge on any atom is 0.146 e. The average molecular weight is 232 g/mol. The number of anilines is 2. The summed E-state index contributed by atoms with van der Waals surface area (Å²) in [5.74, 6) is 1.09. The molecule has 0 aromatic carbocycles. The van der Waals surface area contributed by atoms with Crippen molar-refractivity contribution in [3.05, 3.63) is 17.8 Å². The third-order valence-corrected chi connectivity index (χ3v) is 3.18. The summed E-state index contributed by atoms with van der Waals surface area (Å²) in [6, 6.07) is 3.78. The second kappa shape index (κ2) is 5.02. The van der Waals surface area contributed by atoms with Crippen molar-refractivity contribution in [3.8, 4) is 6.07 Å². The molecular weight excluding hydrogens is 216 g/mol. The molecule has 0 amide bonds. The first-order valence-corrected chi connectivity index (χ1v) is 5.76. The highest BCUT2D eigenvalue weighted by molar-refractivity contribution is 5.58. The van der Waals surface area contributed by atoms with Gasteiger partial charge in [-0.3, -0.25) is 0 Å². The van der Waals surface area contributed by atoms with E-state index in [0.717, 1.165) is 25.9 Å². The van der Waals surface area contributed by atoms with Crippen LogP contribution in [0.25, 0.3) is 0 Å². The lowest BCUT2D eigenvalue weighted by molar-refractivity contribution is 0.203. The summed E-state index contributed by atoms with van der Waals surface area (Å²) in [7, 11) is 0. The van der Waals surface area contributed by atoms with E-state index in [1.807, 2.05) is 0 Å². The minimum Gasteiger partial charge on any atom is -0.397 e. The van der Waals surface area contributed by atoms with E-state index in [1.165, 1.54) is 0 Å². The molecule has 1 aromatic heterocycles. The van der Waals surface area contributed by atoms with Gasteiger partial charge in [0.2, 0.25) is 0 Å². The van der Waals surface area contributed by atoms with Crippen molar-refractivity contribution in [1.29, 1.82) is 5.26 Å². The normalized spacial score (nSPS) is 16.8.